The number of thiocarbonyl (C=S) groups is 1. The average molecular weight is 398 g/mol. The third-order valence-electron chi connectivity index (χ3n) is 3.28. The molecule has 25 heavy (non-hydrogen) atoms. The van der Waals surface area contributed by atoms with Crippen LogP contribution in [0, 0.1) is 0 Å². The number of benzene rings is 2. The monoisotopic (exact) mass is 397 g/mol. The molecular formula is C17H17Cl2N3O2S. The number of halogens is 2. The predicted molar refractivity (Wildman–Crippen MR) is 104 cm³/mol. The lowest BCUT2D eigenvalue weighted by Crippen LogP contribution is -2.47. The van der Waals surface area contributed by atoms with Crippen molar-refractivity contribution in [3.05, 3.63) is 63.6 Å². The number of methoxy groups -OCH3 is 1. The van der Waals surface area contributed by atoms with Gasteiger partial charge in [0.15, 0.2) is 5.11 Å². The van der Waals surface area contributed by atoms with Crippen molar-refractivity contribution in [1.29, 1.82) is 0 Å². The smallest absolute Gasteiger partial charge is 0.242 e. The topological polar surface area (TPSA) is 62.4 Å². The highest BCUT2D eigenvalue weighted by molar-refractivity contribution is 7.80. The van der Waals surface area contributed by atoms with E-state index >= 15 is 0 Å². The zero-order valence-electron chi connectivity index (χ0n) is 13.4. The highest BCUT2D eigenvalue weighted by Crippen LogP contribution is 2.22. The minimum atomic E-state index is -0.244. The maximum atomic E-state index is 11.9. The van der Waals surface area contributed by atoms with Gasteiger partial charge in [-0.1, -0.05) is 41.4 Å². The number of carbonyl (C=O) groups is 1. The van der Waals surface area contributed by atoms with Crippen molar-refractivity contribution < 1.29 is 9.53 Å². The zero-order valence-corrected chi connectivity index (χ0v) is 15.8. The molecule has 1 amide bonds. The molecule has 3 N–H and O–H groups in total. The molecule has 0 radical (unpaired) electrons. The summed E-state index contributed by atoms with van der Waals surface area (Å²) in [5, 5.41) is 4.18. The van der Waals surface area contributed by atoms with Crippen LogP contribution in [-0.4, -0.2) is 18.1 Å². The molecule has 0 aliphatic rings. The van der Waals surface area contributed by atoms with Crippen LogP contribution >= 0.6 is 35.4 Å². The Morgan fingerprint density at radius 3 is 2.36 bits per heavy atom. The molecule has 0 saturated carbocycles. The molecule has 0 fully saturated rings. The van der Waals surface area contributed by atoms with Gasteiger partial charge in [0.25, 0.3) is 0 Å². The highest BCUT2D eigenvalue weighted by Gasteiger charge is 2.06. The molecule has 8 heteroatoms. The normalized spacial score (nSPS) is 10.0. The van der Waals surface area contributed by atoms with Crippen LogP contribution in [0.1, 0.15) is 11.1 Å². The standard InChI is InChI=1S/C17H17Cl2N3O2S/c1-24-13-5-2-11(3-6-13)10-20-17(25)22-21-16(23)9-12-4-7-14(18)15(19)8-12/h2-8H,9-10H2,1H3,(H,21,23)(H2,20,22,25). The Hall–Kier alpha value is -2.02. The first-order chi connectivity index (χ1) is 12.0. The summed E-state index contributed by atoms with van der Waals surface area (Å²) in [6.45, 7) is 0.526. The lowest BCUT2D eigenvalue weighted by molar-refractivity contribution is -0.121. The second kappa shape index (κ2) is 9.46. The summed E-state index contributed by atoms with van der Waals surface area (Å²) in [4.78, 5) is 11.9. The predicted octanol–water partition coefficient (Wildman–Crippen LogP) is 3.24. The van der Waals surface area contributed by atoms with Gasteiger partial charge in [0, 0.05) is 6.54 Å². The molecule has 0 heterocycles. The summed E-state index contributed by atoms with van der Waals surface area (Å²) in [6.07, 6.45) is 0.158. The summed E-state index contributed by atoms with van der Waals surface area (Å²) in [5.41, 5.74) is 6.98. The fourth-order valence-electron chi connectivity index (χ4n) is 1.98. The number of hydrazine groups is 1. The summed E-state index contributed by atoms with van der Waals surface area (Å²) in [5.74, 6) is 0.547. The van der Waals surface area contributed by atoms with Crippen LogP contribution in [0.3, 0.4) is 0 Å². The molecule has 2 aromatic carbocycles. The minimum absolute atomic E-state index is 0.158. The van der Waals surface area contributed by atoms with E-state index in [4.69, 9.17) is 40.2 Å². The first-order valence-corrected chi connectivity index (χ1v) is 8.54. The number of hydrogen-bond donors (Lipinski definition) is 3. The van der Waals surface area contributed by atoms with Gasteiger partial charge in [-0.15, -0.1) is 0 Å². The van der Waals surface area contributed by atoms with Gasteiger partial charge < -0.3 is 10.1 Å². The van der Waals surface area contributed by atoms with E-state index in [1.54, 1.807) is 25.3 Å². The van der Waals surface area contributed by atoms with Gasteiger partial charge in [0.2, 0.25) is 5.91 Å². The van der Waals surface area contributed by atoms with Crippen LogP contribution in [0.2, 0.25) is 10.0 Å². The number of nitrogens with one attached hydrogen (secondary N) is 3. The maximum absolute atomic E-state index is 11.9. The van der Waals surface area contributed by atoms with Gasteiger partial charge >= 0.3 is 0 Å². The first-order valence-electron chi connectivity index (χ1n) is 7.37. The molecule has 0 aliphatic carbocycles. The van der Waals surface area contributed by atoms with Crippen molar-refractivity contribution in [2.45, 2.75) is 13.0 Å². The van der Waals surface area contributed by atoms with Gasteiger partial charge in [-0.05, 0) is 47.6 Å². The molecule has 0 aliphatic heterocycles. The van der Waals surface area contributed by atoms with Gasteiger partial charge in [-0.25, -0.2) is 0 Å². The third-order valence-corrected chi connectivity index (χ3v) is 4.26. The molecule has 0 saturated heterocycles. The molecule has 132 valence electrons. The second-order valence-electron chi connectivity index (χ2n) is 5.13. The summed E-state index contributed by atoms with van der Waals surface area (Å²) < 4.78 is 5.10. The van der Waals surface area contributed by atoms with Crippen LogP contribution in [0.4, 0.5) is 0 Å². The molecule has 2 aromatic rings. The Morgan fingerprint density at radius 1 is 1.04 bits per heavy atom. The second-order valence-corrected chi connectivity index (χ2v) is 6.35. The molecule has 2 rings (SSSR count). The van der Waals surface area contributed by atoms with Gasteiger partial charge in [-0.2, -0.15) is 0 Å². The van der Waals surface area contributed by atoms with Crippen LogP contribution in [-0.2, 0) is 17.8 Å². The summed E-state index contributed by atoms with van der Waals surface area (Å²) in [6, 6.07) is 12.6. The van der Waals surface area contributed by atoms with Crippen molar-refractivity contribution in [2.24, 2.45) is 0 Å². The fourth-order valence-corrected chi connectivity index (χ4v) is 2.42. The summed E-state index contributed by atoms with van der Waals surface area (Å²) >= 11 is 16.9. The van der Waals surface area contributed by atoms with E-state index in [0.29, 0.717) is 21.7 Å². The zero-order chi connectivity index (χ0) is 18.2. The molecule has 0 unspecified atom stereocenters. The van der Waals surface area contributed by atoms with E-state index in [2.05, 4.69) is 16.2 Å². The molecule has 0 spiro atoms. The van der Waals surface area contributed by atoms with E-state index in [-0.39, 0.29) is 12.3 Å². The number of rotatable bonds is 5. The Morgan fingerprint density at radius 2 is 1.72 bits per heavy atom. The van der Waals surface area contributed by atoms with Gasteiger partial charge in [0.1, 0.15) is 5.75 Å². The third kappa shape index (κ3) is 6.42. The van der Waals surface area contributed by atoms with Gasteiger partial charge in [0.05, 0.1) is 23.6 Å². The first kappa shape index (κ1) is 19.3. The van der Waals surface area contributed by atoms with Crippen LogP contribution in [0.25, 0.3) is 0 Å². The number of carbonyl (C=O) groups excluding carboxylic acids is 1. The minimum Gasteiger partial charge on any atom is -0.497 e. The Balaban J connectivity index is 1.73. The van der Waals surface area contributed by atoms with Crippen molar-refractivity contribution in [3.63, 3.8) is 0 Å². The molecule has 0 bridgehead atoms. The maximum Gasteiger partial charge on any atom is 0.242 e. The van der Waals surface area contributed by atoms with Crippen LogP contribution in [0.5, 0.6) is 5.75 Å². The van der Waals surface area contributed by atoms with E-state index < -0.39 is 0 Å². The lowest BCUT2D eigenvalue weighted by Gasteiger charge is -2.12. The number of ether oxygens (including phenoxy) is 1. The number of hydrogen-bond acceptors (Lipinski definition) is 3. The molecule has 0 aromatic heterocycles. The summed E-state index contributed by atoms with van der Waals surface area (Å²) in [7, 11) is 1.62. The Bertz CT molecular complexity index is 754. The largest absolute Gasteiger partial charge is 0.497 e. The van der Waals surface area contributed by atoms with E-state index in [0.717, 1.165) is 16.9 Å². The fraction of sp³-hybridized carbons (Fsp3) is 0.176. The molecular weight excluding hydrogens is 381 g/mol. The molecule has 5 nitrogen and oxygen atoms in total. The van der Waals surface area contributed by atoms with Crippen molar-refractivity contribution in [3.8, 4) is 5.75 Å². The molecule has 0 atom stereocenters. The van der Waals surface area contributed by atoms with E-state index in [9.17, 15) is 4.79 Å². The van der Waals surface area contributed by atoms with E-state index in [1.165, 1.54) is 0 Å². The average Bonchev–Trinajstić information content (AvgIpc) is 2.61. The SMILES string of the molecule is COc1ccc(CNC(=S)NNC(=O)Cc2ccc(Cl)c(Cl)c2)cc1. The quantitative estimate of drug-likeness (QED) is 0.533. The lowest BCUT2D eigenvalue weighted by atomic mass is 10.1. The van der Waals surface area contributed by atoms with Crippen LogP contribution in [0.15, 0.2) is 42.5 Å². The van der Waals surface area contributed by atoms with Crippen molar-refractivity contribution in [1.82, 2.24) is 16.2 Å². The Labute approximate surface area is 161 Å². The Kier molecular flexibility index (Phi) is 7.31. The van der Waals surface area contributed by atoms with Crippen LogP contribution < -0.4 is 20.9 Å². The number of amides is 1. The highest BCUT2D eigenvalue weighted by atomic mass is 35.5. The van der Waals surface area contributed by atoms with Crippen molar-refractivity contribution in [2.75, 3.05) is 7.11 Å². The van der Waals surface area contributed by atoms with Crippen molar-refractivity contribution >= 4 is 46.4 Å². The van der Waals surface area contributed by atoms with Gasteiger partial charge in [-0.3, -0.25) is 15.6 Å². The van der Waals surface area contributed by atoms with E-state index in [1.807, 2.05) is 24.3 Å².